The molecule has 2 aromatic carbocycles. The molecule has 0 saturated heterocycles. The van der Waals surface area contributed by atoms with E-state index >= 15 is 0 Å². The van der Waals surface area contributed by atoms with Crippen molar-refractivity contribution in [3.05, 3.63) is 76.3 Å². The van der Waals surface area contributed by atoms with Gasteiger partial charge in [-0.05, 0) is 41.6 Å². The Kier molecular flexibility index (Phi) is 4.45. The predicted molar refractivity (Wildman–Crippen MR) is 97.9 cm³/mol. The van der Waals surface area contributed by atoms with Crippen LogP contribution < -0.4 is 10.7 Å². The van der Waals surface area contributed by atoms with Crippen LogP contribution in [0.25, 0.3) is 5.70 Å². The van der Waals surface area contributed by atoms with Gasteiger partial charge in [-0.3, -0.25) is 10.4 Å². The minimum atomic E-state index is 0.0586. The highest BCUT2D eigenvalue weighted by Crippen LogP contribution is 2.31. The molecule has 0 aliphatic carbocycles. The second-order valence-corrected chi connectivity index (χ2v) is 6.28. The third kappa shape index (κ3) is 3.00. The van der Waals surface area contributed by atoms with Gasteiger partial charge < -0.3 is 5.32 Å². The quantitative estimate of drug-likeness (QED) is 0.781. The van der Waals surface area contributed by atoms with E-state index in [1.807, 2.05) is 42.4 Å². The molecule has 5 heteroatoms. The van der Waals surface area contributed by atoms with E-state index < -0.39 is 0 Å². The van der Waals surface area contributed by atoms with Crippen LogP contribution in [0.4, 0.5) is 0 Å². The van der Waals surface area contributed by atoms with Gasteiger partial charge in [0.25, 0.3) is 0 Å². The molecule has 0 spiro atoms. The van der Waals surface area contributed by atoms with E-state index in [1.54, 1.807) is 0 Å². The number of rotatable bonds is 2. The van der Waals surface area contributed by atoms with Gasteiger partial charge in [0, 0.05) is 11.5 Å². The average Bonchev–Trinajstić information content (AvgIpc) is 3.01. The van der Waals surface area contributed by atoms with Crippen LogP contribution in [0.2, 0.25) is 0 Å². The minimum absolute atomic E-state index is 0.0586. The van der Waals surface area contributed by atoms with Crippen LogP contribution in [0, 0.1) is 0 Å². The molecule has 3 nitrogen and oxygen atoms in total. The van der Waals surface area contributed by atoms with Gasteiger partial charge in [-0.1, -0.05) is 58.4 Å². The summed E-state index contributed by atoms with van der Waals surface area (Å²) in [5.74, 6) is 0. The first kappa shape index (κ1) is 15.1. The van der Waals surface area contributed by atoms with Crippen LogP contribution in [0.5, 0.6) is 0 Å². The fourth-order valence-corrected chi connectivity index (χ4v) is 2.87. The molecule has 0 unspecified atom stereocenters. The van der Waals surface area contributed by atoms with E-state index in [1.165, 1.54) is 5.56 Å². The fourth-order valence-electron chi connectivity index (χ4n) is 2.45. The maximum Gasteiger partial charge on any atom is 0.188 e. The summed E-state index contributed by atoms with van der Waals surface area (Å²) in [5, 5.41) is 5.68. The molecule has 22 heavy (non-hydrogen) atoms. The van der Waals surface area contributed by atoms with E-state index in [9.17, 15) is 0 Å². The number of hydrogen-bond acceptors (Lipinski definition) is 2. The molecule has 2 N–H and O–H groups in total. The molecule has 1 aliphatic heterocycles. The van der Waals surface area contributed by atoms with Gasteiger partial charge in [0.15, 0.2) is 5.11 Å². The molecule has 0 fully saturated rings. The molecule has 112 valence electrons. The van der Waals surface area contributed by atoms with Gasteiger partial charge in [-0.2, -0.15) is 0 Å². The monoisotopic (exact) mass is 373 g/mol. The third-order valence-electron chi connectivity index (χ3n) is 3.57. The minimum Gasteiger partial charge on any atom is -0.364 e. The Hall–Kier alpha value is -1.85. The van der Waals surface area contributed by atoms with E-state index in [2.05, 4.69) is 57.0 Å². The summed E-state index contributed by atoms with van der Waals surface area (Å²) in [6.45, 7) is 0. The van der Waals surface area contributed by atoms with Crippen molar-refractivity contribution < 1.29 is 0 Å². The predicted octanol–water partition coefficient (Wildman–Crippen LogP) is 3.86. The summed E-state index contributed by atoms with van der Waals surface area (Å²) in [5.41, 5.74) is 6.79. The third-order valence-corrected chi connectivity index (χ3v) is 4.50. The summed E-state index contributed by atoms with van der Waals surface area (Å²) >= 11 is 8.91. The molecule has 0 bridgehead atoms. The van der Waals surface area contributed by atoms with Crippen molar-refractivity contribution >= 4 is 39.0 Å². The fraction of sp³-hybridized carbons (Fsp3) is 0.118. The van der Waals surface area contributed by atoms with Crippen LogP contribution in [-0.2, 0) is 0 Å². The highest BCUT2D eigenvalue weighted by Gasteiger charge is 2.28. The Bertz CT molecular complexity index is 698. The molecule has 0 radical (unpaired) electrons. The van der Waals surface area contributed by atoms with Crippen molar-refractivity contribution in [1.29, 1.82) is 0 Å². The summed E-state index contributed by atoms with van der Waals surface area (Å²) in [7, 11) is 1.84. The number of hydrazine groups is 1. The Morgan fingerprint density at radius 2 is 1.82 bits per heavy atom. The molecule has 2 aromatic rings. The number of benzene rings is 2. The van der Waals surface area contributed by atoms with Gasteiger partial charge in [0.2, 0.25) is 0 Å². The first-order valence-electron chi connectivity index (χ1n) is 6.99. The van der Waals surface area contributed by atoms with E-state index in [-0.39, 0.29) is 6.04 Å². The van der Waals surface area contributed by atoms with E-state index in [4.69, 9.17) is 12.2 Å². The molecule has 0 amide bonds. The Morgan fingerprint density at radius 3 is 2.45 bits per heavy atom. The van der Waals surface area contributed by atoms with Crippen molar-refractivity contribution in [2.75, 3.05) is 7.05 Å². The Labute approximate surface area is 144 Å². The summed E-state index contributed by atoms with van der Waals surface area (Å²) in [6.07, 6.45) is 2.20. The lowest BCUT2D eigenvalue weighted by Gasteiger charge is -2.27. The first-order valence-corrected chi connectivity index (χ1v) is 8.19. The molecule has 0 aromatic heterocycles. The molecular formula is C17H16BrN3S. The van der Waals surface area contributed by atoms with Gasteiger partial charge in [0.05, 0.1) is 11.7 Å². The number of halogens is 1. The Balaban J connectivity index is 1.97. The van der Waals surface area contributed by atoms with E-state index in [0.717, 1.165) is 15.7 Å². The average molecular weight is 374 g/mol. The molecular weight excluding hydrogens is 358 g/mol. The standard InChI is InChI=1S/C17H16BrN3S/c1-19-17(22)21-16(13-7-9-14(18)10-8-13)11-15(20-21)12-5-3-2-4-6-12/h2-11,16,20H,1H3,(H,19,22)/t16-/m1/s1. The van der Waals surface area contributed by atoms with Gasteiger partial charge in [0.1, 0.15) is 0 Å². The summed E-state index contributed by atoms with van der Waals surface area (Å²) < 4.78 is 1.07. The number of thiocarbonyl (C=S) groups is 1. The van der Waals surface area contributed by atoms with Crippen LogP contribution >= 0.6 is 28.1 Å². The maximum atomic E-state index is 5.43. The lowest BCUT2D eigenvalue weighted by Crippen LogP contribution is -2.44. The van der Waals surface area contributed by atoms with Crippen molar-refractivity contribution in [3.63, 3.8) is 0 Å². The second-order valence-electron chi connectivity index (χ2n) is 4.98. The molecule has 0 saturated carbocycles. The highest BCUT2D eigenvalue weighted by molar-refractivity contribution is 9.10. The molecule has 1 aliphatic rings. The lowest BCUT2D eigenvalue weighted by atomic mass is 10.1. The molecule has 3 rings (SSSR count). The number of nitrogens with one attached hydrogen (secondary N) is 2. The van der Waals surface area contributed by atoms with Crippen LogP contribution in [-0.4, -0.2) is 17.2 Å². The van der Waals surface area contributed by atoms with Gasteiger partial charge in [-0.15, -0.1) is 0 Å². The van der Waals surface area contributed by atoms with E-state index in [0.29, 0.717) is 5.11 Å². The van der Waals surface area contributed by atoms with Crippen LogP contribution in [0.1, 0.15) is 17.2 Å². The lowest BCUT2D eigenvalue weighted by molar-refractivity contribution is 0.339. The second kappa shape index (κ2) is 6.50. The summed E-state index contributed by atoms with van der Waals surface area (Å²) in [6, 6.07) is 18.6. The zero-order valence-electron chi connectivity index (χ0n) is 12.1. The SMILES string of the molecule is CNC(=S)N1NC(c2ccccc2)=C[C@@H]1c1ccc(Br)cc1. The zero-order valence-corrected chi connectivity index (χ0v) is 14.5. The number of hydrogen-bond donors (Lipinski definition) is 2. The largest absolute Gasteiger partial charge is 0.364 e. The Morgan fingerprint density at radius 1 is 1.14 bits per heavy atom. The van der Waals surface area contributed by atoms with Crippen molar-refractivity contribution in [3.8, 4) is 0 Å². The normalized spacial score (nSPS) is 16.9. The number of nitrogens with zero attached hydrogens (tertiary/aromatic N) is 1. The maximum absolute atomic E-state index is 5.43. The van der Waals surface area contributed by atoms with Crippen LogP contribution in [0.3, 0.4) is 0 Å². The van der Waals surface area contributed by atoms with Crippen LogP contribution in [0.15, 0.2) is 65.1 Å². The van der Waals surface area contributed by atoms with Gasteiger partial charge in [-0.25, -0.2) is 0 Å². The van der Waals surface area contributed by atoms with Crippen molar-refractivity contribution in [2.45, 2.75) is 6.04 Å². The van der Waals surface area contributed by atoms with Crippen molar-refractivity contribution in [2.24, 2.45) is 0 Å². The smallest absolute Gasteiger partial charge is 0.188 e. The van der Waals surface area contributed by atoms with Crippen molar-refractivity contribution in [1.82, 2.24) is 15.8 Å². The van der Waals surface area contributed by atoms with Gasteiger partial charge >= 0.3 is 0 Å². The first-order chi connectivity index (χ1) is 10.7. The zero-order chi connectivity index (χ0) is 15.5. The molecule has 1 heterocycles. The topological polar surface area (TPSA) is 27.3 Å². The highest BCUT2D eigenvalue weighted by atomic mass is 79.9. The molecule has 1 atom stereocenters. The summed E-state index contributed by atoms with van der Waals surface area (Å²) in [4.78, 5) is 0.